The van der Waals surface area contributed by atoms with Crippen molar-refractivity contribution in [2.75, 3.05) is 7.05 Å². The summed E-state index contributed by atoms with van der Waals surface area (Å²) in [5, 5.41) is 0. The van der Waals surface area contributed by atoms with Crippen molar-refractivity contribution in [2.24, 2.45) is 0 Å². The van der Waals surface area contributed by atoms with Crippen molar-refractivity contribution < 1.29 is 0 Å². The highest BCUT2D eigenvalue weighted by Crippen LogP contribution is 2.13. The molecule has 0 aliphatic carbocycles. The minimum Gasteiger partial charge on any atom is -0.300 e. The number of benzene rings is 2. The van der Waals surface area contributed by atoms with Gasteiger partial charge in [-0.3, -0.25) is 0 Å². The van der Waals surface area contributed by atoms with Crippen LogP contribution in [0.2, 0.25) is 0 Å². The molecule has 0 amide bonds. The van der Waals surface area contributed by atoms with E-state index in [1.54, 1.807) is 0 Å². The third kappa shape index (κ3) is 4.21. The molecule has 106 valence electrons. The summed E-state index contributed by atoms with van der Waals surface area (Å²) in [6.07, 6.45) is 2.22. The minimum absolute atomic E-state index is 0.552. The summed E-state index contributed by atoms with van der Waals surface area (Å²) < 4.78 is 0. The minimum atomic E-state index is 0.552. The van der Waals surface area contributed by atoms with E-state index < -0.39 is 0 Å². The standard InChI is InChI=1S/C19H25N/c1-16(14-18-10-6-4-7-11-18)20(3)17(2)15-19-12-8-5-9-13-19/h4-13,16-17H,14-15H2,1-3H3. The van der Waals surface area contributed by atoms with E-state index in [0.29, 0.717) is 12.1 Å². The molecule has 1 heteroatoms. The van der Waals surface area contributed by atoms with Gasteiger partial charge in [0, 0.05) is 12.1 Å². The molecule has 0 bridgehead atoms. The molecule has 0 radical (unpaired) electrons. The zero-order chi connectivity index (χ0) is 14.4. The first kappa shape index (κ1) is 14.8. The predicted octanol–water partition coefficient (Wildman–Crippen LogP) is 4.18. The van der Waals surface area contributed by atoms with Gasteiger partial charge in [0.1, 0.15) is 0 Å². The maximum Gasteiger partial charge on any atom is 0.0107 e. The van der Waals surface area contributed by atoms with Crippen molar-refractivity contribution in [3.8, 4) is 0 Å². The molecule has 2 aromatic rings. The Morgan fingerprint density at radius 3 is 1.40 bits per heavy atom. The number of nitrogens with zero attached hydrogens (tertiary/aromatic N) is 1. The van der Waals surface area contributed by atoms with Crippen LogP contribution in [0.5, 0.6) is 0 Å². The van der Waals surface area contributed by atoms with E-state index in [1.807, 2.05) is 0 Å². The monoisotopic (exact) mass is 267 g/mol. The van der Waals surface area contributed by atoms with Gasteiger partial charge in [-0.2, -0.15) is 0 Å². The van der Waals surface area contributed by atoms with Crippen molar-refractivity contribution in [3.05, 3.63) is 71.8 Å². The third-order valence-corrected chi connectivity index (χ3v) is 4.14. The molecule has 2 rings (SSSR count). The van der Waals surface area contributed by atoms with Gasteiger partial charge in [0.25, 0.3) is 0 Å². The smallest absolute Gasteiger partial charge is 0.0107 e. The Morgan fingerprint density at radius 1 is 0.700 bits per heavy atom. The van der Waals surface area contributed by atoms with Crippen LogP contribution in [0.1, 0.15) is 25.0 Å². The van der Waals surface area contributed by atoms with Crippen LogP contribution in [0, 0.1) is 0 Å². The predicted molar refractivity (Wildman–Crippen MR) is 87.0 cm³/mol. The summed E-state index contributed by atoms with van der Waals surface area (Å²) >= 11 is 0. The lowest BCUT2D eigenvalue weighted by molar-refractivity contribution is 0.193. The van der Waals surface area contributed by atoms with Crippen molar-refractivity contribution >= 4 is 0 Å². The van der Waals surface area contributed by atoms with Gasteiger partial charge in [-0.15, -0.1) is 0 Å². The van der Waals surface area contributed by atoms with E-state index >= 15 is 0 Å². The Labute approximate surface area is 123 Å². The molecule has 0 saturated heterocycles. The molecule has 0 aromatic heterocycles. The summed E-state index contributed by atoms with van der Waals surface area (Å²) in [7, 11) is 2.24. The van der Waals surface area contributed by atoms with E-state index in [1.165, 1.54) is 11.1 Å². The topological polar surface area (TPSA) is 3.24 Å². The molecule has 0 N–H and O–H groups in total. The number of rotatable bonds is 6. The molecule has 0 spiro atoms. The average Bonchev–Trinajstić information content (AvgIpc) is 2.48. The lowest BCUT2D eigenvalue weighted by Gasteiger charge is -2.31. The van der Waals surface area contributed by atoms with Gasteiger partial charge in [0.2, 0.25) is 0 Å². The summed E-state index contributed by atoms with van der Waals surface area (Å²) in [5.74, 6) is 0. The maximum atomic E-state index is 2.49. The highest BCUT2D eigenvalue weighted by molar-refractivity contribution is 5.17. The molecule has 2 aromatic carbocycles. The van der Waals surface area contributed by atoms with Gasteiger partial charge < -0.3 is 4.90 Å². The fourth-order valence-corrected chi connectivity index (χ4v) is 2.63. The Hall–Kier alpha value is -1.60. The van der Waals surface area contributed by atoms with Gasteiger partial charge >= 0.3 is 0 Å². The van der Waals surface area contributed by atoms with Crippen LogP contribution < -0.4 is 0 Å². The molecular formula is C19H25N. The molecule has 0 aliphatic rings. The fraction of sp³-hybridized carbons (Fsp3) is 0.368. The first-order valence-corrected chi connectivity index (χ1v) is 7.46. The van der Waals surface area contributed by atoms with E-state index in [0.717, 1.165) is 12.8 Å². The van der Waals surface area contributed by atoms with Gasteiger partial charge in [-0.1, -0.05) is 60.7 Å². The summed E-state index contributed by atoms with van der Waals surface area (Å²) in [5.41, 5.74) is 2.83. The van der Waals surface area contributed by atoms with Gasteiger partial charge in [0.05, 0.1) is 0 Å². The van der Waals surface area contributed by atoms with Crippen LogP contribution >= 0.6 is 0 Å². The second-order valence-corrected chi connectivity index (χ2v) is 5.74. The zero-order valence-corrected chi connectivity index (χ0v) is 12.8. The van der Waals surface area contributed by atoms with Crippen LogP contribution in [0.25, 0.3) is 0 Å². The number of hydrogen-bond donors (Lipinski definition) is 0. The summed E-state index contributed by atoms with van der Waals surface area (Å²) in [6.45, 7) is 4.63. The first-order valence-electron chi connectivity index (χ1n) is 7.46. The second kappa shape index (κ2) is 7.25. The van der Waals surface area contributed by atoms with Crippen LogP contribution in [0.3, 0.4) is 0 Å². The molecule has 0 aliphatic heterocycles. The Morgan fingerprint density at radius 2 is 1.05 bits per heavy atom. The van der Waals surface area contributed by atoms with Crippen LogP contribution in [0.4, 0.5) is 0 Å². The van der Waals surface area contributed by atoms with E-state index in [4.69, 9.17) is 0 Å². The molecule has 2 unspecified atom stereocenters. The van der Waals surface area contributed by atoms with E-state index in [9.17, 15) is 0 Å². The highest BCUT2D eigenvalue weighted by atomic mass is 15.1. The lowest BCUT2D eigenvalue weighted by atomic mass is 10.0. The van der Waals surface area contributed by atoms with E-state index in [2.05, 4.69) is 86.5 Å². The molecule has 0 fully saturated rings. The van der Waals surface area contributed by atoms with Gasteiger partial charge in [-0.05, 0) is 44.9 Å². The number of hydrogen-bond acceptors (Lipinski definition) is 1. The molecule has 1 nitrogen and oxygen atoms in total. The van der Waals surface area contributed by atoms with Crippen LogP contribution in [-0.2, 0) is 12.8 Å². The molecule has 20 heavy (non-hydrogen) atoms. The average molecular weight is 267 g/mol. The maximum absolute atomic E-state index is 2.49. The third-order valence-electron chi connectivity index (χ3n) is 4.14. The first-order chi connectivity index (χ1) is 9.66. The zero-order valence-electron chi connectivity index (χ0n) is 12.8. The Kier molecular flexibility index (Phi) is 5.37. The van der Waals surface area contributed by atoms with Crippen molar-refractivity contribution in [1.82, 2.24) is 4.90 Å². The van der Waals surface area contributed by atoms with Gasteiger partial charge in [-0.25, -0.2) is 0 Å². The number of likely N-dealkylation sites (N-methyl/N-ethyl adjacent to an activating group) is 1. The van der Waals surface area contributed by atoms with Crippen molar-refractivity contribution in [2.45, 2.75) is 38.8 Å². The second-order valence-electron chi connectivity index (χ2n) is 5.74. The summed E-state index contributed by atoms with van der Waals surface area (Å²) in [4.78, 5) is 2.49. The molecule has 0 saturated carbocycles. The molecular weight excluding hydrogens is 242 g/mol. The molecule has 2 atom stereocenters. The fourth-order valence-electron chi connectivity index (χ4n) is 2.63. The van der Waals surface area contributed by atoms with Crippen molar-refractivity contribution in [1.29, 1.82) is 0 Å². The summed E-state index contributed by atoms with van der Waals surface area (Å²) in [6, 6.07) is 22.6. The lowest BCUT2D eigenvalue weighted by Crippen LogP contribution is -2.39. The largest absolute Gasteiger partial charge is 0.300 e. The van der Waals surface area contributed by atoms with Crippen LogP contribution in [-0.4, -0.2) is 24.0 Å². The van der Waals surface area contributed by atoms with E-state index in [-0.39, 0.29) is 0 Å². The normalized spacial score (nSPS) is 14.2. The molecule has 0 heterocycles. The van der Waals surface area contributed by atoms with Crippen molar-refractivity contribution in [3.63, 3.8) is 0 Å². The van der Waals surface area contributed by atoms with Gasteiger partial charge in [0.15, 0.2) is 0 Å². The Balaban J connectivity index is 1.91. The van der Waals surface area contributed by atoms with Crippen LogP contribution in [0.15, 0.2) is 60.7 Å². The Bertz CT molecular complexity index is 444. The highest BCUT2D eigenvalue weighted by Gasteiger charge is 2.16. The SMILES string of the molecule is CC(Cc1ccccc1)N(C)C(C)Cc1ccccc1. The quantitative estimate of drug-likeness (QED) is 0.759.